The van der Waals surface area contributed by atoms with Crippen LogP contribution in [0.15, 0.2) is 30.3 Å². The maximum atomic E-state index is 6.18. The van der Waals surface area contributed by atoms with Gasteiger partial charge in [-0.1, -0.05) is 37.6 Å². The molecule has 0 radical (unpaired) electrons. The van der Waals surface area contributed by atoms with Gasteiger partial charge < -0.3 is 25.2 Å². The molecule has 0 spiro atoms. The number of nitrogens with one attached hydrogen (secondary N) is 2. The zero-order chi connectivity index (χ0) is 26.5. The van der Waals surface area contributed by atoms with Crippen molar-refractivity contribution in [3.8, 4) is 0 Å². The lowest BCUT2D eigenvalue weighted by Crippen LogP contribution is -2.45. The fourth-order valence-corrected chi connectivity index (χ4v) is 6.59. The number of hydrogen-bond acceptors (Lipinski definition) is 6. The Morgan fingerprint density at radius 1 is 1.00 bits per heavy atom. The fraction of sp³-hybridized carbons (Fsp3) is 0.621. The first-order chi connectivity index (χ1) is 18.4. The average molecular weight is 557 g/mol. The van der Waals surface area contributed by atoms with E-state index in [2.05, 4.69) is 52.5 Å². The first-order valence-electron chi connectivity index (χ1n) is 14.2. The highest BCUT2D eigenvalue weighted by Gasteiger charge is 2.34. The maximum absolute atomic E-state index is 6.18. The summed E-state index contributed by atoms with van der Waals surface area (Å²) in [5.74, 6) is 3.85. The molecule has 2 atom stereocenters. The summed E-state index contributed by atoms with van der Waals surface area (Å²) >= 11 is 12.0. The van der Waals surface area contributed by atoms with Crippen molar-refractivity contribution < 1.29 is 4.74 Å². The summed E-state index contributed by atoms with van der Waals surface area (Å²) in [6.45, 7) is 11.0. The molecule has 0 aliphatic carbocycles. The Morgan fingerprint density at radius 3 is 2.29 bits per heavy atom. The molecule has 4 heterocycles. The first-order valence-corrected chi connectivity index (χ1v) is 15.0. The smallest absolute Gasteiger partial charge is 0.232 e. The van der Waals surface area contributed by atoms with E-state index in [0.717, 1.165) is 68.9 Å². The van der Waals surface area contributed by atoms with Crippen LogP contribution in [-0.4, -0.2) is 61.0 Å². The van der Waals surface area contributed by atoms with E-state index in [1.807, 2.05) is 12.1 Å². The Morgan fingerprint density at radius 2 is 1.63 bits per heavy atom. The van der Waals surface area contributed by atoms with Crippen LogP contribution >= 0.6 is 23.8 Å². The number of thiocarbonyl (C=S) groups is 1. The Kier molecular flexibility index (Phi) is 8.91. The average Bonchev–Trinajstić information content (AvgIpc) is 2.92. The van der Waals surface area contributed by atoms with Crippen molar-refractivity contribution in [2.24, 2.45) is 11.8 Å². The number of nitrogens with zero attached hydrogens (tertiary/aromatic N) is 4. The molecular weight excluding hydrogens is 516 g/mol. The van der Waals surface area contributed by atoms with Gasteiger partial charge in [0.1, 0.15) is 11.6 Å². The SMILES string of the molecule is C[C@H]1C[C@H](C)CN(c2cc(N3CCCCC3)nc(NC(=S)NCC3(c4ccc(Cl)cc4)CCOCC3)n2)C1. The second-order valence-corrected chi connectivity index (χ2v) is 12.4. The van der Waals surface area contributed by atoms with Crippen molar-refractivity contribution in [2.75, 3.05) is 61.1 Å². The van der Waals surface area contributed by atoms with E-state index in [0.29, 0.717) is 29.4 Å². The monoisotopic (exact) mass is 556 g/mol. The molecule has 1 aromatic carbocycles. The molecule has 0 saturated carbocycles. The molecule has 0 unspecified atom stereocenters. The summed E-state index contributed by atoms with van der Waals surface area (Å²) < 4.78 is 5.70. The van der Waals surface area contributed by atoms with E-state index in [9.17, 15) is 0 Å². The van der Waals surface area contributed by atoms with Gasteiger partial charge in [0.05, 0.1) is 0 Å². The molecule has 3 aliphatic heterocycles. The number of anilines is 3. The van der Waals surface area contributed by atoms with Crippen molar-refractivity contribution in [3.05, 3.63) is 40.9 Å². The highest BCUT2D eigenvalue weighted by atomic mass is 35.5. The number of benzene rings is 1. The van der Waals surface area contributed by atoms with Gasteiger partial charge in [0.15, 0.2) is 5.11 Å². The van der Waals surface area contributed by atoms with Crippen LogP contribution in [0, 0.1) is 11.8 Å². The third-order valence-electron chi connectivity index (χ3n) is 8.29. The zero-order valence-corrected chi connectivity index (χ0v) is 24.3. The third-order valence-corrected chi connectivity index (χ3v) is 8.79. The topological polar surface area (TPSA) is 65.5 Å². The van der Waals surface area contributed by atoms with E-state index in [1.54, 1.807) is 0 Å². The van der Waals surface area contributed by atoms with Gasteiger partial charge in [-0.05, 0) is 80.3 Å². The summed E-state index contributed by atoms with van der Waals surface area (Å²) in [4.78, 5) is 14.7. The maximum Gasteiger partial charge on any atom is 0.232 e. The Bertz CT molecular complexity index is 1080. The van der Waals surface area contributed by atoms with E-state index >= 15 is 0 Å². The predicted octanol–water partition coefficient (Wildman–Crippen LogP) is 5.64. The molecule has 38 heavy (non-hydrogen) atoms. The summed E-state index contributed by atoms with van der Waals surface area (Å²) in [6, 6.07) is 10.4. The van der Waals surface area contributed by atoms with Crippen molar-refractivity contribution in [2.45, 2.75) is 57.8 Å². The molecule has 206 valence electrons. The van der Waals surface area contributed by atoms with Crippen LogP contribution in [0.3, 0.4) is 0 Å². The molecule has 5 rings (SSSR count). The highest BCUT2D eigenvalue weighted by Crippen LogP contribution is 2.35. The van der Waals surface area contributed by atoms with Crippen LogP contribution in [0.25, 0.3) is 0 Å². The Labute approximate surface area is 237 Å². The number of aromatic nitrogens is 2. The van der Waals surface area contributed by atoms with Gasteiger partial charge in [-0.25, -0.2) is 0 Å². The van der Waals surface area contributed by atoms with Crippen LogP contribution in [0.1, 0.15) is 57.9 Å². The lowest BCUT2D eigenvalue weighted by Gasteiger charge is -2.38. The van der Waals surface area contributed by atoms with Crippen molar-refractivity contribution in [3.63, 3.8) is 0 Å². The Hall–Kier alpha value is -2.16. The fourth-order valence-electron chi connectivity index (χ4n) is 6.30. The minimum absolute atomic E-state index is 0.0592. The summed E-state index contributed by atoms with van der Waals surface area (Å²) in [5.41, 5.74) is 1.20. The number of rotatable bonds is 6. The lowest BCUT2D eigenvalue weighted by atomic mass is 9.74. The third kappa shape index (κ3) is 6.69. The largest absolute Gasteiger partial charge is 0.381 e. The van der Waals surface area contributed by atoms with Crippen LogP contribution < -0.4 is 20.4 Å². The van der Waals surface area contributed by atoms with Crippen molar-refractivity contribution in [1.29, 1.82) is 0 Å². The van der Waals surface area contributed by atoms with E-state index in [1.165, 1.54) is 31.2 Å². The van der Waals surface area contributed by atoms with E-state index in [-0.39, 0.29) is 5.41 Å². The summed E-state index contributed by atoms with van der Waals surface area (Å²) in [7, 11) is 0. The van der Waals surface area contributed by atoms with Gasteiger partial charge >= 0.3 is 0 Å². The molecule has 0 amide bonds. The van der Waals surface area contributed by atoms with Crippen LogP contribution in [0.2, 0.25) is 5.02 Å². The molecule has 3 saturated heterocycles. The molecule has 1 aromatic heterocycles. The predicted molar refractivity (Wildman–Crippen MR) is 161 cm³/mol. The summed E-state index contributed by atoms with van der Waals surface area (Å²) in [6.07, 6.45) is 6.82. The number of ether oxygens (including phenoxy) is 1. The van der Waals surface area contributed by atoms with Crippen LogP contribution in [0.5, 0.6) is 0 Å². The molecule has 7 nitrogen and oxygen atoms in total. The van der Waals surface area contributed by atoms with Crippen LogP contribution in [0.4, 0.5) is 17.6 Å². The number of halogens is 1. The minimum Gasteiger partial charge on any atom is -0.381 e. The second kappa shape index (κ2) is 12.3. The molecule has 3 fully saturated rings. The zero-order valence-electron chi connectivity index (χ0n) is 22.7. The number of hydrogen-bond donors (Lipinski definition) is 2. The minimum atomic E-state index is -0.0592. The highest BCUT2D eigenvalue weighted by molar-refractivity contribution is 7.80. The van der Waals surface area contributed by atoms with Gasteiger partial charge in [0, 0.05) is 62.4 Å². The normalized spacial score (nSPS) is 23.7. The van der Waals surface area contributed by atoms with E-state index < -0.39 is 0 Å². The first kappa shape index (κ1) is 27.4. The van der Waals surface area contributed by atoms with Gasteiger partial charge in [0.25, 0.3) is 0 Å². The number of piperidine rings is 2. The van der Waals surface area contributed by atoms with Crippen molar-refractivity contribution in [1.82, 2.24) is 15.3 Å². The summed E-state index contributed by atoms with van der Waals surface area (Å²) in [5, 5.41) is 8.12. The van der Waals surface area contributed by atoms with Gasteiger partial charge in [0.2, 0.25) is 5.95 Å². The standard InChI is InChI=1S/C29H41ClN6OS/c1-21-16-22(2)19-36(18-21)26-17-25(35-12-4-3-5-13-35)32-27(33-26)34-28(38)31-20-29(10-14-37-15-11-29)23-6-8-24(30)9-7-23/h6-9,17,21-22H,3-5,10-16,18-20H2,1-2H3,(H2,31,32,33,34,38)/t21-,22-/m0/s1. The van der Waals surface area contributed by atoms with Crippen molar-refractivity contribution >= 4 is 46.5 Å². The van der Waals surface area contributed by atoms with Gasteiger partial charge in [-0.3, -0.25) is 0 Å². The van der Waals surface area contributed by atoms with E-state index in [4.69, 9.17) is 38.5 Å². The lowest BCUT2D eigenvalue weighted by molar-refractivity contribution is 0.0515. The quantitative estimate of drug-likeness (QED) is 0.443. The van der Waals surface area contributed by atoms with Crippen LogP contribution in [-0.2, 0) is 10.2 Å². The second-order valence-electron chi connectivity index (χ2n) is 11.5. The molecule has 3 aliphatic rings. The van der Waals surface area contributed by atoms with Gasteiger partial charge in [-0.15, -0.1) is 0 Å². The molecular formula is C29H41ClN6OS. The molecule has 2 aromatic rings. The molecule has 0 bridgehead atoms. The molecule has 2 N–H and O–H groups in total. The molecule has 9 heteroatoms. The Balaban J connectivity index is 1.33. The van der Waals surface area contributed by atoms with Gasteiger partial charge in [-0.2, -0.15) is 9.97 Å².